The Bertz CT molecular complexity index is 872. The maximum absolute atomic E-state index is 13.2. The highest BCUT2D eigenvalue weighted by atomic mass is 32.2. The van der Waals surface area contributed by atoms with E-state index in [9.17, 15) is 9.59 Å². The van der Waals surface area contributed by atoms with Crippen molar-refractivity contribution in [3.05, 3.63) is 45.5 Å². The van der Waals surface area contributed by atoms with Gasteiger partial charge in [0.05, 0.1) is 30.4 Å². The number of amides is 2. The summed E-state index contributed by atoms with van der Waals surface area (Å²) in [6.45, 7) is 4.00. The highest BCUT2D eigenvalue weighted by Crippen LogP contribution is 2.43. The number of nitrogens with zero attached hydrogens (tertiary/aromatic N) is 1. The van der Waals surface area contributed by atoms with Gasteiger partial charge in [-0.05, 0) is 23.6 Å². The number of carbonyl (C=O) groups is 2. The number of rotatable bonds is 6. The Labute approximate surface area is 160 Å². The fourth-order valence-corrected chi connectivity index (χ4v) is 4.49. The predicted octanol–water partition coefficient (Wildman–Crippen LogP) is 4.19. The minimum Gasteiger partial charge on any atom is -0.497 e. The minimum atomic E-state index is -0.330. The highest BCUT2D eigenvalue weighted by molar-refractivity contribution is 8.04. The third-order valence-corrected chi connectivity index (χ3v) is 5.76. The minimum absolute atomic E-state index is 0.175. The van der Waals surface area contributed by atoms with Gasteiger partial charge in [0.2, 0.25) is 0 Å². The summed E-state index contributed by atoms with van der Waals surface area (Å²) >= 11 is 2.86. The number of ether oxygens (including phenoxy) is 2. The normalized spacial score (nSPS) is 14.6. The van der Waals surface area contributed by atoms with Gasteiger partial charge in [-0.15, -0.1) is 23.1 Å². The van der Waals surface area contributed by atoms with E-state index in [1.54, 1.807) is 25.3 Å². The van der Waals surface area contributed by atoms with Crippen LogP contribution in [0, 0.1) is 0 Å². The van der Waals surface area contributed by atoms with Crippen LogP contribution in [0.15, 0.2) is 40.6 Å². The molecule has 2 aromatic rings. The number of anilines is 1. The SMILES string of the molecule is COc1ccc(N2C(=O)C(SC(C)C)=C(c3cccs3)C2=O)c(OC)c1. The first kappa shape index (κ1) is 18.5. The van der Waals surface area contributed by atoms with E-state index in [-0.39, 0.29) is 17.1 Å². The summed E-state index contributed by atoms with van der Waals surface area (Å²) in [4.78, 5) is 28.8. The smallest absolute Gasteiger partial charge is 0.272 e. The molecule has 0 aliphatic carbocycles. The molecule has 2 heterocycles. The number of benzene rings is 1. The molecule has 1 aromatic carbocycles. The number of thioether (sulfide) groups is 1. The second-order valence-electron chi connectivity index (χ2n) is 5.83. The molecule has 1 aliphatic rings. The molecule has 0 bridgehead atoms. The molecular formula is C19H19NO4S2. The molecule has 2 amide bonds. The Balaban J connectivity index is 2.10. The van der Waals surface area contributed by atoms with Crippen molar-refractivity contribution >= 4 is 46.2 Å². The molecule has 0 radical (unpaired) electrons. The lowest BCUT2D eigenvalue weighted by molar-refractivity contribution is -0.119. The maximum atomic E-state index is 13.2. The second kappa shape index (κ2) is 7.55. The number of imide groups is 1. The summed E-state index contributed by atoms with van der Waals surface area (Å²) < 4.78 is 10.6. The van der Waals surface area contributed by atoms with Crippen molar-refractivity contribution in [2.75, 3.05) is 19.1 Å². The largest absolute Gasteiger partial charge is 0.497 e. The Kier molecular flexibility index (Phi) is 5.38. The van der Waals surface area contributed by atoms with E-state index < -0.39 is 0 Å². The van der Waals surface area contributed by atoms with Crippen LogP contribution in [0.4, 0.5) is 5.69 Å². The molecule has 0 saturated carbocycles. The molecule has 7 heteroatoms. The van der Waals surface area contributed by atoms with Crippen LogP contribution in [-0.4, -0.2) is 31.3 Å². The second-order valence-corrected chi connectivity index (χ2v) is 8.37. The van der Waals surface area contributed by atoms with Crippen LogP contribution in [0.2, 0.25) is 0 Å². The summed E-state index contributed by atoms with van der Waals surface area (Å²) in [5.41, 5.74) is 0.873. The molecule has 0 N–H and O–H groups in total. The van der Waals surface area contributed by atoms with E-state index in [0.29, 0.717) is 27.7 Å². The van der Waals surface area contributed by atoms with Crippen molar-refractivity contribution in [3.63, 3.8) is 0 Å². The first-order valence-corrected chi connectivity index (χ1v) is 9.79. The van der Waals surface area contributed by atoms with E-state index in [4.69, 9.17) is 9.47 Å². The van der Waals surface area contributed by atoms with Crippen LogP contribution in [-0.2, 0) is 9.59 Å². The summed E-state index contributed by atoms with van der Waals surface area (Å²) in [6, 6.07) is 8.77. The van der Waals surface area contributed by atoms with Crippen molar-refractivity contribution in [2.45, 2.75) is 19.1 Å². The van der Waals surface area contributed by atoms with Crippen molar-refractivity contribution in [3.8, 4) is 11.5 Å². The van der Waals surface area contributed by atoms with E-state index in [1.165, 1.54) is 35.1 Å². The Hall–Kier alpha value is -2.25. The lowest BCUT2D eigenvalue weighted by atomic mass is 10.2. The fraction of sp³-hybridized carbons (Fsp3) is 0.263. The molecule has 0 fully saturated rings. The van der Waals surface area contributed by atoms with Crippen LogP contribution in [0.1, 0.15) is 18.7 Å². The van der Waals surface area contributed by atoms with Gasteiger partial charge >= 0.3 is 0 Å². The number of hydrogen-bond acceptors (Lipinski definition) is 6. The van der Waals surface area contributed by atoms with Gasteiger partial charge in [-0.25, -0.2) is 4.90 Å². The third kappa shape index (κ3) is 3.24. The van der Waals surface area contributed by atoms with E-state index in [1.807, 2.05) is 31.4 Å². The van der Waals surface area contributed by atoms with Crippen molar-refractivity contribution in [1.82, 2.24) is 0 Å². The molecular weight excluding hydrogens is 370 g/mol. The number of hydrogen-bond donors (Lipinski definition) is 0. The molecule has 5 nitrogen and oxygen atoms in total. The van der Waals surface area contributed by atoms with E-state index >= 15 is 0 Å². The Morgan fingerprint density at radius 2 is 1.85 bits per heavy atom. The monoisotopic (exact) mass is 389 g/mol. The van der Waals surface area contributed by atoms with Gasteiger partial charge in [-0.1, -0.05) is 19.9 Å². The van der Waals surface area contributed by atoms with Crippen LogP contribution in [0.3, 0.4) is 0 Å². The quantitative estimate of drug-likeness (QED) is 0.694. The lowest BCUT2D eigenvalue weighted by Crippen LogP contribution is -2.31. The molecule has 0 unspecified atom stereocenters. The predicted molar refractivity (Wildman–Crippen MR) is 106 cm³/mol. The van der Waals surface area contributed by atoms with Gasteiger partial charge in [0.1, 0.15) is 11.5 Å². The van der Waals surface area contributed by atoms with Gasteiger partial charge in [0.25, 0.3) is 11.8 Å². The van der Waals surface area contributed by atoms with Gasteiger partial charge < -0.3 is 9.47 Å². The standard InChI is InChI=1S/C19H19NO4S2/c1-11(2)26-17-16(15-6-5-9-25-15)18(21)20(19(17)22)13-8-7-12(23-3)10-14(13)24-4/h5-11H,1-4H3. The number of methoxy groups -OCH3 is 2. The molecule has 3 rings (SSSR count). The molecule has 136 valence electrons. The number of carbonyl (C=O) groups excluding carboxylic acids is 2. The summed E-state index contributed by atoms with van der Waals surface area (Å²) in [5.74, 6) is 0.352. The zero-order valence-corrected chi connectivity index (χ0v) is 16.6. The summed E-state index contributed by atoms with van der Waals surface area (Å²) in [5, 5.41) is 2.07. The van der Waals surface area contributed by atoms with Crippen molar-refractivity contribution < 1.29 is 19.1 Å². The molecule has 1 aromatic heterocycles. The van der Waals surface area contributed by atoms with Gasteiger partial charge in [-0.3, -0.25) is 9.59 Å². The fourth-order valence-electron chi connectivity index (χ4n) is 2.68. The average molecular weight is 389 g/mol. The topological polar surface area (TPSA) is 55.8 Å². The van der Waals surface area contributed by atoms with Crippen LogP contribution >= 0.6 is 23.1 Å². The summed E-state index contributed by atoms with van der Waals surface area (Å²) in [6.07, 6.45) is 0. The summed E-state index contributed by atoms with van der Waals surface area (Å²) in [7, 11) is 3.05. The number of thiophene rings is 1. The van der Waals surface area contributed by atoms with Crippen molar-refractivity contribution in [2.24, 2.45) is 0 Å². The lowest BCUT2D eigenvalue weighted by Gasteiger charge is -2.19. The highest BCUT2D eigenvalue weighted by Gasteiger charge is 2.42. The molecule has 0 saturated heterocycles. The first-order chi connectivity index (χ1) is 12.5. The first-order valence-electron chi connectivity index (χ1n) is 8.03. The Morgan fingerprint density at radius 3 is 2.42 bits per heavy atom. The van der Waals surface area contributed by atoms with E-state index in [0.717, 1.165) is 4.88 Å². The van der Waals surface area contributed by atoms with Crippen LogP contribution < -0.4 is 14.4 Å². The Morgan fingerprint density at radius 1 is 1.08 bits per heavy atom. The van der Waals surface area contributed by atoms with Gasteiger partial charge in [0, 0.05) is 16.2 Å². The molecule has 0 spiro atoms. The van der Waals surface area contributed by atoms with Crippen LogP contribution in [0.5, 0.6) is 11.5 Å². The molecule has 26 heavy (non-hydrogen) atoms. The average Bonchev–Trinajstić information content (AvgIpc) is 3.22. The van der Waals surface area contributed by atoms with Gasteiger partial charge in [-0.2, -0.15) is 0 Å². The molecule has 0 atom stereocenters. The van der Waals surface area contributed by atoms with Crippen LogP contribution in [0.25, 0.3) is 5.57 Å². The maximum Gasteiger partial charge on any atom is 0.272 e. The zero-order chi connectivity index (χ0) is 18.8. The molecule has 1 aliphatic heterocycles. The zero-order valence-electron chi connectivity index (χ0n) is 14.9. The van der Waals surface area contributed by atoms with Crippen molar-refractivity contribution in [1.29, 1.82) is 0 Å². The van der Waals surface area contributed by atoms with E-state index in [2.05, 4.69) is 0 Å². The van der Waals surface area contributed by atoms with Gasteiger partial charge in [0.15, 0.2) is 0 Å². The third-order valence-electron chi connectivity index (χ3n) is 3.79.